The molecule has 1 amide bonds. The highest BCUT2D eigenvalue weighted by atomic mass is 16.2. The topological polar surface area (TPSA) is 20.3 Å². The van der Waals surface area contributed by atoms with Gasteiger partial charge in [0, 0.05) is 18.7 Å². The number of amides is 1. The van der Waals surface area contributed by atoms with Crippen molar-refractivity contribution in [1.29, 1.82) is 0 Å². The Morgan fingerprint density at radius 1 is 1.20 bits per heavy atom. The van der Waals surface area contributed by atoms with Crippen molar-refractivity contribution < 1.29 is 4.79 Å². The fraction of sp³-hybridized carbons (Fsp3) is 0.385. The number of hydrogen-bond acceptors (Lipinski definition) is 1. The summed E-state index contributed by atoms with van der Waals surface area (Å²) in [5.74, 6) is 0.107. The fourth-order valence-corrected chi connectivity index (χ4v) is 1.51. The van der Waals surface area contributed by atoms with Crippen molar-refractivity contribution in [2.24, 2.45) is 0 Å². The molecule has 1 rings (SSSR count). The van der Waals surface area contributed by atoms with E-state index in [0.29, 0.717) is 0 Å². The summed E-state index contributed by atoms with van der Waals surface area (Å²) in [6.07, 6.45) is 0.764. The van der Waals surface area contributed by atoms with Gasteiger partial charge in [-0.1, -0.05) is 12.1 Å². The molecule has 0 heterocycles. The number of benzene rings is 1. The summed E-state index contributed by atoms with van der Waals surface area (Å²) in [5, 5.41) is 0. The molecule has 1 aromatic carbocycles. The Labute approximate surface area is 91.9 Å². The minimum absolute atomic E-state index is 0.107. The Balaban J connectivity index is 2.82. The van der Waals surface area contributed by atoms with Crippen LogP contribution < -0.4 is 0 Å². The van der Waals surface area contributed by atoms with Crippen molar-refractivity contribution in [3.63, 3.8) is 0 Å². The quantitative estimate of drug-likeness (QED) is 0.738. The average Bonchev–Trinajstić information content (AvgIpc) is 2.30. The number of carbonyl (C=O) groups is 1. The molecule has 1 aromatic rings. The zero-order valence-electron chi connectivity index (χ0n) is 9.49. The van der Waals surface area contributed by atoms with Gasteiger partial charge in [-0.15, -0.1) is 0 Å². The van der Waals surface area contributed by atoms with E-state index in [2.05, 4.69) is 6.92 Å². The van der Waals surface area contributed by atoms with Crippen molar-refractivity contribution in [2.75, 3.05) is 13.1 Å². The van der Waals surface area contributed by atoms with Gasteiger partial charge in [0.05, 0.1) is 0 Å². The van der Waals surface area contributed by atoms with Gasteiger partial charge in [-0.2, -0.15) is 0 Å². The molecule has 0 N–H and O–H groups in total. The molecule has 0 saturated carbocycles. The first-order valence-corrected chi connectivity index (χ1v) is 5.40. The van der Waals surface area contributed by atoms with Crippen LogP contribution in [0.1, 0.15) is 29.8 Å². The number of hydrogen-bond donors (Lipinski definition) is 0. The maximum Gasteiger partial charge on any atom is 0.253 e. The van der Waals surface area contributed by atoms with Crippen molar-refractivity contribution in [2.45, 2.75) is 20.3 Å². The highest BCUT2D eigenvalue weighted by Crippen LogP contribution is 2.08. The van der Waals surface area contributed by atoms with Gasteiger partial charge in [-0.25, -0.2) is 0 Å². The van der Waals surface area contributed by atoms with Crippen LogP contribution in [0.5, 0.6) is 0 Å². The minimum atomic E-state index is 0.107. The highest BCUT2D eigenvalue weighted by molar-refractivity contribution is 5.94. The van der Waals surface area contributed by atoms with E-state index in [9.17, 15) is 4.79 Å². The van der Waals surface area contributed by atoms with E-state index < -0.39 is 0 Å². The third-order valence-electron chi connectivity index (χ3n) is 2.54. The molecule has 0 aliphatic rings. The molecule has 0 fully saturated rings. The zero-order valence-corrected chi connectivity index (χ0v) is 9.49. The molecule has 15 heavy (non-hydrogen) atoms. The van der Waals surface area contributed by atoms with Gasteiger partial charge < -0.3 is 4.90 Å². The second kappa shape index (κ2) is 5.54. The Morgan fingerprint density at radius 3 is 2.13 bits per heavy atom. The van der Waals surface area contributed by atoms with Gasteiger partial charge in [0.15, 0.2) is 0 Å². The zero-order chi connectivity index (χ0) is 11.3. The molecule has 0 spiro atoms. The molecule has 0 aromatic heterocycles. The summed E-state index contributed by atoms with van der Waals surface area (Å²) >= 11 is 0. The largest absolute Gasteiger partial charge is 0.339 e. The number of rotatable bonds is 4. The van der Waals surface area contributed by atoms with Gasteiger partial charge in [0.1, 0.15) is 0 Å². The van der Waals surface area contributed by atoms with Crippen molar-refractivity contribution in [3.8, 4) is 0 Å². The lowest BCUT2D eigenvalue weighted by Gasteiger charge is -2.18. The van der Waals surface area contributed by atoms with E-state index >= 15 is 0 Å². The first kappa shape index (κ1) is 11.8. The van der Waals surface area contributed by atoms with Crippen LogP contribution in [-0.4, -0.2) is 23.9 Å². The summed E-state index contributed by atoms with van der Waals surface area (Å²) in [7, 11) is 0. The van der Waals surface area contributed by atoms with Crippen molar-refractivity contribution in [1.82, 2.24) is 4.90 Å². The fourth-order valence-electron chi connectivity index (χ4n) is 1.51. The van der Waals surface area contributed by atoms with Crippen molar-refractivity contribution >= 4 is 5.91 Å². The lowest BCUT2D eigenvalue weighted by atomic mass is 10.1. The Morgan fingerprint density at radius 2 is 1.73 bits per heavy atom. The van der Waals surface area contributed by atoms with E-state index in [1.54, 1.807) is 0 Å². The van der Waals surface area contributed by atoms with Crippen LogP contribution in [0.25, 0.3) is 0 Å². The van der Waals surface area contributed by atoms with Crippen LogP contribution in [0.15, 0.2) is 24.3 Å². The SMILES string of the molecule is [CH2]Cc1ccc(C(=O)N(CC)CC)cc1. The van der Waals surface area contributed by atoms with Gasteiger partial charge in [-0.3, -0.25) is 4.79 Å². The van der Waals surface area contributed by atoms with Crippen LogP contribution in [0, 0.1) is 6.92 Å². The second-order valence-corrected chi connectivity index (χ2v) is 3.42. The lowest BCUT2D eigenvalue weighted by molar-refractivity contribution is 0.0773. The molecule has 81 valence electrons. The van der Waals surface area contributed by atoms with Crippen LogP contribution in [-0.2, 0) is 6.42 Å². The van der Waals surface area contributed by atoms with E-state index in [1.807, 2.05) is 43.0 Å². The maximum absolute atomic E-state index is 11.9. The molecule has 0 bridgehead atoms. The molecule has 2 nitrogen and oxygen atoms in total. The van der Waals surface area contributed by atoms with Gasteiger partial charge in [0.2, 0.25) is 0 Å². The Kier molecular flexibility index (Phi) is 4.35. The normalized spacial score (nSPS) is 10.1. The smallest absolute Gasteiger partial charge is 0.253 e. The van der Waals surface area contributed by atoms with Gasteiger partial charge >= 0.3 is 0 Å². The summed E-state index contributed by atoms with van der Waals surface area (Å²) in [5.41, 5.74) is 1.92. The minimum Gasteiger partial charge on any atom is -0.339 e. The van der Waals surface area contributed by atoms with E-state index in [1.165, 1.54) is 0 Å². The van der Waals surface area contributed by atoms with Crippen LogP contribution in [0.2, 0.25) is 0 Å². The highest BCUT2D eigenvalue weighted by Gasteiger charge is 2.11. The third-order valence-corrected chi connectivity index (χ3v) is 2.54. The van der Waals surface area contributed by atoms with Crippen LogP contribution in [0.3, 0.4) is 0 Å². The summed E-state index contributed by atoms with van der Waals surface area (Å²) in [6.45, 7) is 9.30. The van der Waals surface area contributed by atoms with E-state index in [0.717, 1.165) is 30.6 Å². The molecular formula is C13H18NO. The number of carbonyl (C=O) groups excluding carboxylic acids is 1. The average molecular weight is 204 g/mol. The second-order valence-electron chi connectivity index (χ2n) is 3.42. The predicted octanol–water partition coefficient (Wildman–Crippen LogP) is 2.55. The molecule has 0 aliphatic heterocycles. The molecule has 0 atom stereocenters. The first-order chi connectivity index (χ1) is 7.22. The molecule has 0 aliphatic carbocycles. The van der Waals surface area contributed by atoms with Gasteiger partial charge in [-0.05, 0) is 44.9 Å². The monoisotopic (exact) mass is 204 g/mol. The number of nitrogens with zero attached hydrogens (tertiary/aromatic N) is 1. The third kappa shape index (κ3) is 2.82. The maximum atomic E-state index is 11.9. The van der Waals surface area contributed by atoms with Gasteiger partial charge in [0.25, 0.3) is 5.91 Å². The summed E-state index contributed by atoms with van der Waals surface area (Å²) in [4.78, 5) is 13.7. The predicted molar refractivity (Wildman–Crippen MR) is 62.8 cm³/mol. The molecule has 0 saturated heterocycles. The van der Waals surface area contributed by atoms with E-state index in [-0.39, 0.29) is 5.91 Å². The van der Waals surface area contributed by atoms with Crippen molar-refractivity contribution in [3.05, 3.63) is 42.3 Å². The Bertz CT molecular complexity index is 312. The van der Waals surface area contributed by atoms with E-state index in [4.69, 9.17) is 0 Å². The summed E-state index contributed by atoms with van der Waals surface area (Å²) < 4.78 is 0. The standard InChI is InChI=1S/C13H18NO/c1-4-11-7-9-12(10-8-11)13(15)14(5-2)6-3/h7-10H,1,4-6H2,2-3H3. The Hall–Kier alpha value is -1.31. The van der Waals surface area contributed by atoms with Crippen LogP contribution in [0.4, 0.5) is 0 Å². The molecule has 0 unspecified atom stereocenters. The molecule has 2 heteroatoms. The molecule has 1 radical (unpaired) electrons. The lowest BCUT2D eigenvalue weighted by Crippen LogP contribution is -2.30. The molecular weight excluding hydrogens is 186 g/mol. The first-order valence-electron chi connectivity index (χ1n) is 5.40. The summed E-state index contributed by atoms with van der Waals surface area (Å²) in [6, 6.07) is 7.68. The van der Waals surface area contributed by atoms with Crippen LogP contribution >= 0.6 is 0 Å².